The number of piperidine rings is 1. The Morgan fingerprint density at radius 1 is 1.30 bits per heavy atom. The van der Waals surface area contributed by atoms with E-state index in [9.17, 15) is 4.79 Å². The SMILES string of the molecule is C#C.CNc1ccccc1CCCC(=O)N1CC2(CCN(C)CC2)O[C@H]1C. The van der Waals surface area contributed by atoms with E-state index in [2.05, 4.69) is 48.3 Å². The van der Waals surface area contributed by atoms with E-state index in [-0.39, 0.29) is 17.7 Å². The Labute approximate surface area is 164 Å². The molecule has 3 rings (SSSR count). The first-order chi connectivity index (χ1) is 13.0. The van der Waals surface area contributed by atoms with Crippen LogP contribution in [-0.4, -0.2) is 61.3 Å². The van der Waals surface area contributed by atoms with Crippen molar-refractivity contribution in [3.63, 3.8) is 0 Å². The third-order valence-electron chi connectivity index (χ3n) is 5.66. The third kappa shape index (κ3) is 5.24. The smallest absolute Gasteiger partial charge is 0.224 e. The number of hydrogen-bond donors (Lipinski definition) is 1. The summed E-state index contributed by atoms with van der Waals surface area (Å²) in [5, 5.41) is 3.22. The number of para-hydroxylation sites is 1. The van der Waals surface area contributed by atoms with Crippen LogP contribution in [0.3, 0.4) is 0 Å². The van der Waals surface area contributed by atoms with Gasteiger partial charge in [-0.3, -0.25) is 4.79 Å². The number of benzene rings is 1. The van der Waals surface area contributed by atoms with Crippen molar-refractivity contribution >= 4 is 11.6 Å². The lowest BCUT2D eigenvalue weighted by atomic mass is 9.91. The summed E-state index contributed by atoms with van der Waals surface area (Å²) in [4.78, 5) is 17.0. The molecule has 1 atom stereocenters. The average Bonchev–Trinajstić information content (AvgIpc) is 3.02. The highest BCUT2D eigenvalue weighted by Crippen LogP contribution is 2.35. The first-order valence-corrected chi connectivity index (χ1v) is 9.78. The molecule has 148 valence electrons. The molecule has 0 aliphatic carbocycles. The monoisotopic (exact) mass is 371 g/mol. The Balaban J connectivity index is 0.00000126. The predicted molar refractivity (Wildman–Crippen MR) is 111 cm³/mol. The highest BCUT2D eigenvalue weighted by molar-refractivity contribution is 5.76. The Kier molecular flexibility index (Phi) is 7.70. The summed E-state index contributed by atoms with van der Waals surface area (Å²) in [5.41, 5.74) is 2.31. The fraction of sp³-hybridized carbons (Fsp3) is 0.591. The molecule has 2 aliphatic rings. The van der Waals surface area contributed by atoms with E-state index >= 15 is 0 Å². The minimum atomic E-state index is -0.111. The maximum Gasteiger partial charge on any atom is 0.224 e. The molecule has 0 radical (unpaired) electrons. The van der Waals surface area contributed by atoms with E-state index in [1.807, 2.05) is 24.9 Å². The number of carbonyl (C=O) groups is 1. The van der Waals surface area contributed by atoms with Crippen LogP contribution in [0.15, 0.2) is 24.3 Å². The van der Waals surface area contributed by atoms with Crippen LogP contribution in [0, 0.1) is 12.8 Å². The van der Waals surface area contributed by atoms with Crippen LogP contribution in [0.1, 0.15) is 38.2 Å². The van der Waals surface area contributed by atoms with E-state index in [4.69, 9.17) is 4.74 Å². The molecule has 27 heavy (non-hydrogen) atoms. The van der Waals surface area contributed by atoms with Crippen LogP contribution in [-0.2, 0) is 16.0 Å². The summed E-state index contributed by atoms with van der Waals surface area (Å²) in [7, 11) is 4.09. The molecule has 2 aliphatic heterocycles. The first-order valence-electron chi connectivity index (χ1n) is 9.78. The zero-order valence-corrected chi connectivity index (χ0v) is 16.9. The summed E-state index contributed by atoms with van der Waals surface area (Å²) < 4.78 is 6.24. The van der Waals surface area contributed by atoms with E-state index < -0.39 is 0 Å². The predicted octanol–water partition coefficient (Wildman–Crippen LogP) is 2.97. The van der Waals surface area contributed by atoms with Gasteiger partial charge in [0.1, 0.15) is 6.23 Å². The number of terminal acetylenes is 1. The number of likely N-dealkylation sites (tertiary alicyclic amines) is 1. The third-order valence-corrected chi connectivity index (χ3v) is 5.66. The van der Waals surface area contributed by atoms with Crippen LogP contribution in [0.25, 0.3) is 0 Å². The zero-order valence-electron chi connectivity index (χ0n) is 16.9. The molecule has 1 aromatic rings. The fourth-order valence-corrected chi connectivity index (χ4v) is 4.05. The van der Waals surface area contributed by atoms with Crippen LogP contribution in [0.4, 0.5) is 5.69 Å². The number of nitrogens with zero attached hydrogens (tertiary/aromatic N) is 2. The van der Waals surface area contributed by atoms with Gasteiger partial charge in [-0.25, -0.2) is 0 Å². The summed E-state index contributed by atoms with van der Waals surface area (Å²) in [6.45, 7) is 4.88. The molecule has 1 N–H and O–H groups in total. The minimum absolute atomic E-state index is 0.0968. The summed E-state index contributed by atoms with van der Waals surface area (Å²) >= 11 is 0. The van der Waals surface area contributed by atoms with E-state index in [1.165, 1.54) is 5.56 Å². The largest absolute Gasteiger partial charge is 0.388 e. The van der Waals surface area contributed by atoms with Crippen molar-refractivity contribution in [3.8, 4) is 12.8 Å². The quantitative estimate of drug-likeness (QED) is 0.809. The molecule has 2 saturated heterocycles. The Morgan fingerprint density at radius 3 is 2.63 bits per heavy atom. The van der Waals surface area contributed by atoms with Gasteiger partial charge >= 0.3 is 0 Å². The molecular formula is C22H33N3O2. The Hall–Kier alpha value is -2.03. The van der Waals surface area contributed by atoms with Crippen molar-refractivity contribution in [2.75, 3.05) is 39.0 Å². The van der Waals surface area contributed by atoms with Crippen molar-refractivity contribution in [1.82, 2.24) is 9.80 Å². The number of nitrogens with one attached hydrogen (secondary N) is 1. The van der Waals surface area contributed by atoms with Gasteiger partial charge in [0.25, 0.3) is 0 Å². The number of aryl methyl sites for hydroxylation is 1. The zero-order chi connectivity index (χ0) is 19.9. The number of hydrogen-bond acceptors (Lipinski definition) is 4. The van der Waals surface area contributed by atoms with Gasteiger partial charge in [0.15, 0.2) is 0 Å². The van der Waals surface area contributed by atoms with Gasteiger partial charge in [-0.1, -0.05) is 18.2 Å². The van der Waals surface area contributed by atoms with Gasteiger partial charge < -0.3 is 19.9 Å². The fourth-order valence-electron chi connectivity index (χ4n) is 4.05. The average molecular weight is 372 g/mol. The van der Waals surface area contributed by atoms with Crippen molar-refractivity contribution in [2.24, 2.45) is 0 Å². The lowest BCUT2D eigenvalue weighted by molar-refractivity contribution is -0.136. The van der Waals surface area contributed by atoms with Gasteiger partial charge in [0.2, 0.25) is 5.91 Å². The molecule has 2 fully saturated rings. The van der Waals surface area contributed by atoms with E-state index in [0.29, 0.717) is 6.42 Å². The first kappa shape index (κ1) is 21.3. The molecule has 2 heterocycles. The van der Waals surface area contributed by atoms with Crippen LogP contribution >= 0.6 is 0 Å². The molecular weight excluding hydrogens is 338 g/mol. The van der Waals surface area contributed by atoms with E-state index in [1.54, 1.807) is 0 Å². The number of amides is 1. The second-order valence-corrected chi connectivity index (χ2v) is 7.49. The summed E-state index contributed by atoms with van der Waals surface area (Å²) in [6.07, 6.45) is 12.3. The maximum absolute atomic E-state index is 12.7. The number of carbonyl (C=O) groups excluding carboxylic acids is 1. The van der Waals surface area contributed by atoms with Crippen molar-refractivity contribution in [2.45, 2.75) is 50.9 Å². The molecule has 1 amide bonds. The molecule has 0 aromatic heterocycles. The normalized spacial score (nSPS) is 21.5. The summed E-state index contributed by atoms with van der Waals surface area (Å²) in [6, 6.07) is 8.30. The van der Waals surface area contributed by atoms with Gasteiger partial charge in [-0.05, 0) is 51.3 Å². The minimum Gasteiger partial charge on any atom is -0.388 e. The number of rotatable bonds is 5. The van der Waals surface area contributed by atoms with E-state index in [0.717, 1.165) is 51.0 Å². The summed E-state index contributed by atoms with van der Waals surface area (Å²) in [5.74, 6) is 0.227. The Bertz CT molecular complexity index is 635. The second kappa shape index (κ2) is 9.77. The van der Waals surface area contributed by atoms with Gasteiger partial charge in [0, 0.05) is 32.2 Å². The number of anilines is 1. The van der Waals surface area contributed by atoms with Crippen molar-refractivity contribution in [3.05, 3.63) is 29.8 Å². The Morgan fingerprint density at radius 2 is 1.96 bits per heavy atom. The standard InChI is InChI=1S/C20H31N3O2.C2H2/c1-16-23(15-20(25-16)11-13-22(3)14-12-20)19(24)10-6-8-17-7-4-5-9-18(17)21-2;1-2/h4-5,7,9,16,21H,6,8,10-15H2,1-3H3;1-2H/t16-;/m0./s1. The molecule has 1 aromatic carbocycles. The number of ether oxygens (including phenoxy) is 1. The van der Waals surface area contributed by atoms with Gasteiger partial charge in [-0.15, -0.1) is 12.8 Å². The van der Waals surface area contributed by atoms with Gasteiger partial charge in [-0.2, -0.15) is 0 Å². The van der Waals surface area contributed by atoms with Crippen LogP contribution in [0.5, 0.6) is 0 Å². The molecule has 0 bridgehead atoms. The second-order valence-electron chi connectivity index (χ2n) is 7.49. The molecule has 1 spiro atoms. The van der Waals surface area contributed by atoms with Crippen molar-refractivity contribution < 1.29 is 9.53 Å². The molecule has 5 heteroatoms. The lowest BCUT2D eigenvalue weighted by Crippen LogP contribution is -2.46. The molecule has 5 nitrogen and oxygen atoms in total. The van der Waals surface area contributed by atoms with Gasteiger partial charge in [0.05, 0.1) is 12.1 Å². The molecule has 0 saturated carbocycles. The lowest BCUT2D eigenvalue weighted by Gasteiger charge is -2.36. The topological polar surface area (TPSA) is 44.8 Å². The maximum atomic E-state index is 12.7. The van der Waals surface area contributed by atoms with Crippen LogP contribution in [0.2, 0.25) is 0 Å². The highest BCUT2D eigenvalue weighted by atomic mass is 16.5. The highest BCUT2D eigenvalue weighted by Gasteiger charge is 2.46. The van der Waals surface area contributed by atoms with Crippen LogP contribution < -0.4 is 5.32 Å². The molecule has 0 unspecified atom stereocenters. The van der Waals surface area contributed by atoms with Crippen molar-refractivity contribution in [1.29, 1.82) is 0 Å².